The van der Waals surface area contributed by atoms with E-state index in [-0.39, 0.29) is 0 Å². The van der Waals surface area contributed by atoms with E-state index in [1.165, 1.54) is 44.9 Å². The molecule has 1 spiro atoms. The third-order valence-electron chi connectivity index (χ3n) is 7.00. The normalized spacial score (nSPS) is 44.2. The first kappa shape index (κ1) is 12.7. The third kappa shape index (κ3) is 1.78. The number of rotatable bonds is 2. The largest absolute Gasteiger partial charge is 0.310 e. The smallest absolute Gasteiger partial charge is 0.0176 e. The van der Waals surface area contributed by atoms with Crippen molar-refractivity contribution in [3.63, 3.8) is 0 Å². The fourth-order valence-electron chi connectivity index (χ4n) is 5.65. The molecule has 4 aliphatic rings. The van der Waals surface area contributed by atoms with Crippen molar-refractivity contribution in [3.05, 3.63) is 35.4 Å². The number of piperidine rings is 1. The van der Waals surface area contributed by atoms with Crippen molar-refractivity contribution in [2.24, 2.45) is 0 Å². The molecule has 2 aliphatic heterocycles. The van der Waals surface area contributed by atoms with Gasteiger partial charge in [0.05, 0.1) is 0 Å². The van der Waals surface area contributed by atoms with Gasteiger partial charge in [0.1, 0.15) is 0 Å². The summed E-state index contributed by atoms with van der Waals surface area (Å²) >= 11 is 0. The van der Waals surface area contributed by atoms with Crippen molar-refractivity contribution < 1.29 is 0 Å². The van der Waals surface area contributed by atoms with Gasteiger partial charge in [-0.15, -0.1) is 0 Å². The summed E-state index contributed by atoms with van der Waals surface area (Å²) in [4.78, 5) is 2.64. The van der Waals surface area contributed by atoms with Crippen LogP contribution in [0.2, 0.25) is 0 Å². The minimum Gasteiger partial charge on any atom is -0.310 e. The second-order valence-electron chi connectivity index (χ2n) is 7.96. The van der Waals surface area contributed by atoms with Crippen molar-refractivity contribution in [1.82, 2.24) is 10.2 Å². The molecule has 2 heteroatoms. The van der Waals surface area contributed by atoms with Crippen LogP contribution in [0.4, 0.5) is 0 Å². The molecule has 1 aromatic rings. The minimum atomic E-state index is 0.513. The summed E-state index contributed by atoms with van der Waals surface area (Å²) in [5.41, 5.74) is 3.79. The topological polar surface area (TPSA) is 15.3 Å². The van der Waals surface area contributed by atoms with Crippen LogP contribution in [0.1, 0.15) is 49.7 Å². The highest BCUT2D eigenvalue weighted by atomic mass is 15.2. The summed E-state index contributed by atoms with van der Waals surface area (Å²) in [6, 6.07) is 12.4. The predicted octanol–water partition coefficient (Wildman–Crippen LogP) is 2.86. The van der Waals surface area contributed by atoms with Crippen LogP contribution in [-0.4, -0.2) is 36.1 Å². The average Bonchev–Trinajstić information content (AvgIpc) is 3.01. The SMILES string of the molecule is CN1C2CCC1CC(N[C@@H]1C[C@@]13CCc1ccccc13)C2. The number of fused-ring (bicyclic) bond motifs is 4. The number of nitrogens with zero attached hydrogens (tertiary/aromatic N) is 1. The van der Waals surface area contributed by atoms with E-state index in [0.29, 0.717) is 5.41 Å². The Morgan fingerprint density at radius 3 is 2.71 bits per heavy atom. The summed E-state index contributed by atoms with van der Waals surface area (Å²) < 4.78 is 0. The molecule has 0 radical (unpaired) electrons. The molecule has 21 heavy (non-hydrogen) atoms. The molecular formula is C19H26N2. The molecule has 2 nitrogen and oxygen atoms in total. The van der Waals surface area contributed by atoms with Crippen LogP contribution in [0, 0.1) is 0 Å². The van der Waals surface area contributed by atoms with Gasteiger partial charge in [0.25, 0.3) is 0 Å². The fraction of sp³-hybridized carbons (Fsp3) is 0.684. The standard InChI is InChI=1S/C19H26N2/c1-21-15-6-7-16(21)11-14(10-15)20-18-12-19(18)9-8-13-4-2-3-5-17(13)19/h2-5,14-16,18,20H,6-12H2,1H3/t14?,15?,16?,18-,19-/m1/s1. The van der Waals surface area contributed by atoms with E-state index >= 15 is 0 Å². The second kappa shape index (κ2) is 4.33. The van der Waals surface area contributed by atoms with Crippen LogP contribution in [-0.2, 0) is 11.8 Å². The zero-order valence-corrected chi connectivity index (χ0v) is 13.0. The quantitative estimate of drug-likeness (QED) is 0.897. The van der Waals surface area contributed by atoms with Crippen LogP contribution in [0.25, 0.3) is 0 Å². The van der Waals surface area contributed by atoms with Gasteiger partial charge in [0, 0.05) is 29.6 Å². The summed E-state index contributed by atoms with van der Waals surface area (Å²) in [5, 5.41) is 4.06. The van der Waals surface area contributed by atoms with Crippen molar-refractivity contribution >= 4 is 0 Å². The van der Waals surface area contributed by atoms with E-state index in [4.69, 9.17) is 0 Å². The molecule has 2 heterocycles. The van der Waals surface area contributed by atoms with Gasteiger partial charge in [-0.2, -0.15) is 0 Å². The van der Waals surface area contributed by atoms with Crippen LogP contribution in [0.3, 0.4) is 0 Å². The van der Waals surface area contributed by atoms with Gasteiger partial charge in [0.2, 0.25) is 0 Å². The monoisotopic (exact) mass is 282 g/mol. The van der Waals surface area contributed by atoms with Gasteiger partial charge in [-0.25, -0.2) is 0 Å². The zero-order chi connectivity index (χ0) is 14.0. The maximum Gasteiger partial charge on any atom is 0.0176 e. The lowest BCUT2D eigenvalue weighted by atomic mass is 9.95. The second-order valence-corrected chi connectivity index (χ2v) is 7.96. The number of hydrogen-bond acceptors (Lipinski definition) is 2. The van der Waals surface area contributed by atoms with Gasteiger partial charge in [-0.1, -0.05) is 24.3 Å². The number of nitrogens with one attached hydrogen (secondary N) is 1. The van der Waals surface area contributed by atoms with Crippen LogP contribution in [0.15, 0.2) is 24.3 Å². The molecule has 2 bridgehead atoms. The highest BCUT2D eigenvalue weighted by molar-refractivity contribution is 5.46. The summed E-state index contributed by atoms with van der Waals surface area (Å²) in [6.45, 7) is 0. The Bertz CT molecular complexity index is 554. The van der Waals surface area contributed by atoms with E-state index in [1.54, 1.807) is 11.1 Å². The first-order valence-corrected chi connectivity index (χ1v) is 8.83. The van der Waals surface area contributed by atoms with E-state index in [1.807, 2.05) is 0 Å². The maximum absolute atomic E-state index is 4.06. The van der Waals surface area contributed by atoms with Crippen LogP contribution in [0.5, 0.6) is 0 Å². The molecular weight excluding hydrogens is 256 g/mol. The molecule has 1 aromatic carbocycles. The first-order valence-electron chi connectivity index (χ1n) is 8.83. The molecule has 0 amide bonds. The summed E-state index contributed by atoms with van der Waals surface area (Å²) in [6.07, 6.45) is 9.67. The van der Waals surface area contributed by atoms with Gasteiger partial charge in [-0.3, -0.25) is 0 Å². The molecule has 0 aromatic heterocycles. The highest BCUT2D eigenvalue weighted by Crippen LogP contribution is 2.57. The predicted molar refractivity (Wildman–Crippen MR) is 85.6 cm³/mol. The van der Waals surface area contributed by atoms with E-state index in [2.05, 4.69) is 41.5 Å². The van der Waals surface area contributed by atoms with Crippen molar-refractivity contribution in [2.75, 3.05) is 7.05 Å². The molecule has 1 saturated carbocycles. The number of aryl methyl sites for hydroxylation is 1. The Morgan fingerprint density at radius 2 is 1.90 bits per heavy atom. The molecule has 2 unspecified atom stereocenters. The Balaban J connectivity index is 1.30. The maximum atomic E-state index is 4.06. The average molecular weight is 282 g/mol. The molecule has 5 rings (SSSR count). The van der Waals surface area contributed by atoms with Crippen molar-refractivity contribution in [1.29, 1.82) is 0 Å². The summed E-state index contributed by atoms with van der Waals surface area (Å²) in [5.74, 6) is 0. The molecule has 3 fully saturated rings. The molecule has 4 atom stereocenters. The number of benzene rings is 1. The fourth-order valence-corrected chi connectivity index (χ4v) is 5.65. The zero-order valence-electron chi connectivity index (χ0n) is 13.0. The van der Waals surface area contributed by atoms with Crippen LogP contribution < -0.4 is 5.32 Å². The van der Waals surface area contributed by atoms with E-state index in [9.17, 15) is 0 Å². The Morgan fingerprint density at radius 1 is 1.14 bits per heavy atom. The Labute approximate surface area is 127 Å². The molecule has 2 aliphatic carbocycles. The lowest BCUT2D eigenvalue weighted by Crippen LogP contribution is -2.48. The Hall–Kier alpha value is -0.860. The van der Waals surface area contributed by atoms with E-state index < -0.39 is 0 Å². The van der Waals surface area contributed by atoms with Crippen molar-refractivity contribution in [3.8, 4) is 0 Å². The third-order valence-corrected chi connectivity index (χ3v) is 7.00. The van der Waals surface area contributed by atoms with Gasteiger partial charge >= 0.3 is 0 Å². The van der Waals surface area contributed by atoms with E-state index in [0.717, 1.165) is 24.2 Å². The van der Waals surface area contributed by atoms with Gasteiger partial charge < -0.3 is 10.2 Å². The van der Waals surface area contributed by atoms with Gasteiger partial charge in [-0.05, 0) is 63.1 Å². The molecule has 112 valence electrons. The van der Waals surface area contributed by atoms with Crippen molar-refractivity contribution in [2.45, 2.75) is 74.5 Å². The molecule has 1 N–H and O–H groups in total. The number of hydrogen-bond donors (Lipinski definition) is 1. The highest BCUT2D eigenvalue weighted by Gasteiger charge is 2.58. The lowest BCUT2D eigenvalue weighted by molar-refractivity contribution is 0.147. The minimum absolute atomic E-state index is 0.513. The first-order chi connectivity index (χ1) is 10.3. The van der Waals surface area contributed by atoms with Gasteiger partial charge in [0.15, 0.2) is 0 Å². The molecule has 2 saturated heterocycles. The lowest BCUT2D eigenvalue weighted by Gasteiger charge is -2.37. The van der Waals surface area contributed by atoms with Crippen LogP contribution >= 0.6 is 0 Å². The summed E-state index contributed by atoms with van der Waals surface area (Å²) in [7, 11) is 2.34. The Kier molecular flexibility index (Phi) is 2.61.